The van der Waals surface area contributed by atoms with Gasteiger partial charge in [0.05, 0.1) is 12.7 Å². The quantitative estimate of drug-likeness (QED) is 0.528. The molecule has 60 valence electrons. The molecule has 0 amide bonds. The monoisotopic (exact) mass is 150 g/mol. The molecule has 4 heteroatoms. The summed E-state index contributed by atoms with van der Waals surface area (Å²) in [5, 5.41) is 17.5. The molecule has 0 saturated carbocycles. The highest BCUT2D eigenvalue weighted by Gasteiger charge is 2.40. The first kappa shape index (κ1) is 7.91. The molecule has 3 nitrogen and oxygen atoms in total. The van der Waals surface area contributed by atoms with Crippen LogP contribution in [-0.2, 0) is 4.74 Å². The lowest BCUT2D eigenvalue weighted by Gasteiger charge is -2.09. The van der Waals surface area contributed by atoms with Crippen molar-refractivity contribution in [3.05, 3.63) is 0 Å². The molecule has 10 heavy (non-hydrogen) atoms. The van der Waals surface area contributed by atoms with E-state index in [-0.39, 0.29) is 6.61 Å². The third kappa shape index (κ3) is 1.14. The molecule has 1 saturated heterocycles. The predicted molar refractivity (Wildman–Crippen MR) is 32.3 cm³/mol. The van der Waals surface area contributed by atoms with E-state index in [4.69, 9.17) is 14.9 Å². The maximum absolute atomic E-state index is 12.7. The third-order valence-electron chi connectivity index (χ3n) is 1.73. The van der Waals surface area contributed by atoms with Crippen LogP contribution in [0.3, 0.4) is 0 Å². The van der Waals surface area contributed by atoms with Gasteiger partial charge in [0.1, 0.15) is 12.2 Å². The van der Waals surface area contributed by atoms with Crippen molar-refractivity contribution in [2.45, 2.75) is 31.4 Å². The number of rotatable bonds is 1. The van der Waals surface area contributed by atoms with Crippen molar-refractivity contribution in [1.82, 2.24) is 0 Å². The molecular weight excluding hydrogens is 139 g/mol. The molecule has 4 atom stereocenters. The van der Waals surface area contributed by atoms with E-state index in [9.17, 15) is 4.39 Å². The van der Waals surface area contributed by atoms with E-state index in [0.29, 0.717) is 0 Å². The number of aliphatic hydroxyl groups excluding tert-OH is 2. The Kier molecular flexibility index (Phi) is 2.23. The van der Waals surface area contributed by atoms with Gasteiger partial charge in [-0.3, -0.25) is 0 Å². The first-order valence-electron chi connectivity index (χ1n) is 3.25. The molecule has 0 aromatic rings. The first-order valence-corrected chi connectivity index (χ1v) is 3.25. The lowest BCUT2D eigenvalue weighted by atomic mass is 10.1. The molecule has 0 spiro atoms. The van der Waals surface area contributed by atoms with Gasteiger partial charge in [0.2, 0.25) is 0 Å². The van der Waals surface area contributed by atoms with Crippen LogP contribution in [0.5, 0.6) is 0 Å². The van der Waals surface area contributed by atoms with Crippen molar-refractivity contribution in [2.24, 2.45) is 0 Å². The van der Waals surface area contributed by atoms with Crippen molar-refractivity contribution >= 4 is 0 Å². The van der Waals surface area contributed by atoms with Crippen molar-refractivity contribution in [3.63, 3.8) is 0 Å². The summed E-state index contributed by atoms with van der Waals surface area (Å²) in [6.07, 6.45) is -3.88. The summed E-state index contributed by atoms with van der Waals surface area (Å²) < 4.78 is 17.5. The van der Waals surface area contributed by atoms with Crippen molar-refractivity contribution < 1.29 is 19.3 Å². The van der Waals surface area contributed by atoms with E-state index in [1.54, 1.807) is 0 Å². The van der Waals surface area contributed by atoms with E-state index in [0.717, 1.165) is 0 Å². The second-order valence-corrected chi connectivity index (χ2v) is 2.50. The van der Waals surface area contributed by atoms with Crippen LogP contribution < -0.4 is 0 Å². The summed E-state index contributed by atoms with van der Waals surface area (Å²) in [5.74, 6) is 0. The molecule has 1 rings (SSSR count). The number of hydrogen-bond donors (Lipinski definition) is 2. The lowest BCUT2D eigenvalue weighted by molar-refractivity contribution is -0.0171. The van der Waals surface area contributed by atoms with Crippen molar-refractivity contribution in [2.75, 3.05) is 6.61 Å². The third-order valence-corrected chi connectivity index (χ3v) is 1.73. The molecule has 0 radical (unpaired) electrons. The minimum Gasteiger partial charge on any atom is -0.394 e. The Labute approximate surface area is 58.4 Å². The van der Waals surface area contributed by atoms with Crippen LogP contribution in [0.1, 0.15) is 6.92 Å². The summed E-state index contributed by atoms with van der Waals surface area (Å²) in [7, 11) is 0. The summed E-state index contributed by atoms with van der Waals surface area (Å²) in [5.41, 5.74) is 0. The van der Waals surface area contributed by atoms with E-state index in [2.05, 4.69) is 0 Å². The zero-order valence-corrected chi connectivity index (χ0v) is 5.70. The smallest absolute Gasteiger partial charge is 0.154 e. The molecule has 1 aliphatic heterocycles. The molecule has 0 bridgehead atoms. The Bertz CT molecular complexity index is 120. The maximum Gasteiger partial charge on any atom is 0.154 e. The minimum absolute atomic E-state index is 0.327. The second kappa shape index (κ2) is 2.82. The Morgan fingerprint density at radius 2 is 2.20 bits per heavy atom. The van der Waals surface area contributed by atoms with Gasteiger partial charge in [-0.05, 0) is 6.92 Å². The van der Waals surface area contributed by atoms with E-state index in [1.165, 1.54) is 6.92 Å². The fourth-order valence-electron chi connectivity index (χ4n) is 1.07. The summed E-state index contributed by atoms with van der Waals surface area (Å²) in [4.78, 5) is 0. The molecule has 4 unspecified atom stereocenters. The fourth-order valence-corrected chi connectivity index (χ4v) is 1.07. The molecular formula is C6H11FO3. The molecule has 0 aliphatic carbocycles. The molecule has 0 aromatic heterocycles. The second-order valence-electron chi connectivity index (χ2n) is 2.50. The lowest BCUT2D eigenvalue weighted by Crippen LogP contribution is -2.30. The van der Waals surface area contributed by atoms with Crippen LogP contribution in [0.25, 0.3) is 0 Å². The highest BCUT2D eigenvalue weighted by Crippen LogP contribution is 2.22. The van der Waals surface area contributed by atoms with Gasteiger partial charge in [-0.15, -0.1) is 0 Å². The van der Waals surface area contributed by atoms with Gasteiger partial charge in [0.25, 0.3) is 0 Å². The number of aliphatic hydroxyl groups is 2. The van der Waals surface area contributed by atoms with E-state index in [1.807, 2.05) is 0 Å². The van der Waals surface area contributed by atoms with Gasteiger partial charge in [-0.25, -0.2) is 4.39 Å². The highest BCUT2D eigenvalue weighted by molar-refractivity contribution is 4.88. The standard InChI is InChI=1S/C6H11FO3/c1-3-5(7)6(9)4(2-8)10-3/h3-6,8-9H,2H2,1H3. The highest BCUT2D eigenvalue weighted by atomic mass is 19.1. The average molecular weight is 150 g/mol. The van der Waals surface area contributed by atoms with Crippen LogP contribution in [0, 0.1) is 0 Å². The van der Waals surface area contributed by atoms with Gasteiger partial charge in [-0.2, -0.15) is 0 Å². The molecule has 0 aromatic carbocycles. The topological polar surface area (TPSA) is 49.7 Å². The number of ether oxygens (including phenoxy) is 1. The van der Waals surface area contributed by atoms with Crippen LogP contribution in [0.15, 0.2) is 0 Å². The molecule has 1 heterocycles. The first-order chi connectivity index (χ1) is 4.66. The molecule has 2 N–H and O–H groups in total. The zero-order valence-electron chi connectivity index (χ0n) is 5.70. The Morgan fingerprint density at radius 3 is 2.40 bits per heavy atom. The predicted octanol–water partition coefficient (Wildman–Crippen LogP) is -0.535. The van der Waals surface area contributed by atoms with Gasteiger partial charge >= 0.3 is 0 Å². The SMILES string of the molecule is CC1OC(CO)C(O)C1F. The number of halogens is 1. The van der Waals surface area contributed by atoms with Crippen LogP contribution in [0.4, 0.5) is 4.39 Å². The van der Waals surface area contributed by atoms with E-state index < -0.39 is 24.5 Å². The van der Waals surface area contributed by atoms with E-state index >= 15 is 0 Å². The van der Waals surface area contributed by atoms with Gasteiger partial charge in [0.15, 0.2) is 6.17 Å². The average Bonchev–Trinajstić information content (AvgIpc) is 2.17. The molecule has 1 fully saturated rings. The minimum atomic E-state index is -1.36. The van der Waals surface area contributed by atoms with Crippen LogP contribution >= 0.6 is 0 Å². The number of hydrogen-bond acceptors (Lipinski definition) is 3. The Morgan fingerprint density at radius 1 is 1.60 bits per heavy atom. The Hall–Kier alpha value is -0.190. The summed E-state index contributed by atoms with van der Waals surface area (Å²) in [6.45, 7) is 1.20. The van der Waals surface area contributed by atoms with Gasteiger partial charge < -0.3 is 14.9 Å². The fraction of sp³-hybridized carbons (Fsp3) is 1.00. The van der Waals surface area contributed by atoms with Gasteiger partial charge in [-0.1, -0.05) is 0 Å². The normalized spacial score (nSPS) is 48.0. The molecule has 1 aliphatic rings. The Balaban J connectivity index is 2.53. The van der Waals surface area contributed by atoms with Crippen LogP contribution in [0.2, 0.25) is 0 Å². The number of alkyl halides is 1. The van der Waals surface area contributed by atoms with Crippen molar-refractivity contribution in [1.29, 1.82) is 0 Å². The summed E-state index contributed by atoms with van der Waals surface area (Å²) in [6, 6.07) is 0. The van der Waals surface area contributed by atoms with Crippen LogP contribution in [-0.4, -0.2) is 41.3 Å². The van der Waals surface area contributed by atoms with Crippen molar-refractivity contribution in [3.8, 4) is 0 Å². The largest absolute Gasteiger partial charge is 0.394 e. The summed E-state index contributed by atoms with van der Waals surface area (Å²) >= 11 is 0. The maximum atomic E-state index is 12.7. The zero-order chi connectivity index (χ0) is 7.72. The van der Waals surface area contributed by atoms with Gasteiger partial charge in [0, 0.05) is 0 Å².